The third-order valence-electron chi connectivity index (χ3n) is 3.75. The molecular weight excluding hydrogens is 302 g/mol. The van der Waals surface area contributed by atoms with Crippen LogP contribution < -0.4 is 5.32 Å². The minimum atomic E-state index is -1.86. The molecule has 0 unspecified atom stereocenters. The Hall–Kier alpha value is -0.730. The summed E-state index contributed by atoms with van der Waals surface area (Å²) in [6, 6.07) is 0. The highest BCUT2D eigenvalue weighted by atomic mass is 16.4. The molecule has 0 aliphatic carbocycles. The van der Waals surface area contributed by atoms with E-state index in [1.54, 1.807) is 0 Å². The molecule has 0 bridgehead atoms. The van der Waals surface area contributed by atoms with Gasteiger partial charge in [0.2, 0.25) is 0 Å². The van der Waals surface area contributed by atoms with Gasteiger partial charge in [-0.2, -0.15) is 0 Å². The number of aliphatic hydroxyl groups is 5. The summed E-state index contributed by atoms with van der Waals surface area (Å²) < 4.78 is 7.04. The normalized spacial score (nSPS) is 17.2. The van der Waals surface area contributed by atoms with Crippen LogP contribution in [0.3, 0.4) is 0 Å². The topological polar surface area (TPSA) is 130 Å². The van der Waals surface area contributed by atoms with E-state index in [-0.39, 0.29) is 0 Å². The van der Waals surface area contributed by atoms with Gasteiger partial charge >= 0.3 is 0 Å². The van der Waals surface area contributed by atoms with E-state index >= 15 is 0 Å². The van der Waals surface area contributed by atoms with Crippen molar-refractivity contribution in [2.24, 2.45) is 0 Å². The average molecular weight is 336 g/mol. The number of aliphatic hydroxyl groups excluding tert-OH is 5. The molecule has 138 valence electrons. The summed E-state index contributed by atoms with van der Waals surface area (Å²) in [5.41, 5.74) is 0. The molecule has 7 heteroatoms. The smallest absolute Gasteiger partial charge is 0.251 e. The fourth-order valence-corrected chi connectivity index (χ4v) is 2.18. The Morgan fingerprint density at radius 3 is 2.09 bits per heavy atom. The van der Waals surface area contributed by atoms with Crippen LogP contribution in [0.2, 0.25) is 0 Å². The number of nitrogens with one attached hydrogen (secondary N) is 1. The lowest BCUT2D eigenvalue weighted by atomic mass is 10.0. The van der Waals surface area contributed by atoms with Gasteiger partial charge in [-0.15, -0.1) is 0 Å². The number of carbonyl (C=O) groups excluding carboxylic acids is 1. The van der Waals surface area contributed by atoms with Gasteiger partial charge in [0.25, 0.3) is 5.91 Å². The molecule has 0 spiro atoms. The van der Waals surface area contributed by atoms with Crippen molar-refractivity contribution in [3.63, 3.8) is 0 Å². The summed E-state index contributed by atoms with van der Waals surface area (Å²) in [7, 11) is 0. The highest BCUT2D eigenvalue weighted by molar-refractivity contribution is 5.81. The summed E-state index contributed by atoms with van der Waals surface area (Å²) in [5.74, 6) is -0.818. The van der Waals surface area contributed by atoms with E-state index in [0.717, 1.165) is 51.4 Å². The van der Waals surface area contributed by atoms with E-state index in [1.165, 1.54) is 0 Å². The Bertz CT molecular complexity index is 321. The standard InChI is InChI=1S/C16H33NO6/c1-2-3-4-5-6-7-8-9-10-17-16(23)15(22)14(21)13(20)12(19)11-18/h12-15,18-22H,2-11H2,1H3,(H,17,23)/t12-,13-,14+,15-/m1/s1/i1D. The number of hydrogen-bond donors (Lipinski definition) is 6. The van der Waals surface area contributed by atoms with Crippen LogP contribution in [-0.2, 0) is 4.79 Å². The van der Waals surface area contributed by atoms with Gasteiger partial charge in [-0.3, -0.25) is 4.79 Å². The van der Waals surface area contributed by atoms with Crippen LogP contribution >= 0.6 is 0 Å². The van der Waals surface area contributed by atoms with Gasteiger partial charge in [0.15, 0.2) is 6.10 Å². The molecule has 0 saturated carbocycles. The molecule has 0 heterocycles. The molecule has 1 amide bonds. The molecule has 0 aliphatic heterocycles. The third kappa shape index (κ3) is 9.88. The van der Waals surface area contributed by atoms with E-state index in [0.29, 0.717) is 13.4 Å². The zero-order valence-electron chi connectivity index (χ0n) is 14.7. The van der Waals surface area contributed by atoms with Gasteiger partial charge < -0.3 is 30.8 Å². The van der Waals surface area contributed by atoms with Gasteiger partial charge in [0.05, 0.1) is 6.61 Å². The van der Waals surface area contributed by atoms with Gasteiger partial charge in [-0.25, -0.2) is 0 Å². The summed E-state index contributed by atoms with van der Waals surface area (Å²) in [5, 5.41) is 48.9. The maximum atomic E-state index is 11.6. The van der Waals surface area contributed by atoms with Crippen LogP contribution in [0.1, 0.15) is 59.6 Å². The second kappa shape index (κ2) is 13.7. The van der Waals surface area contributed by atoms with Crippen molar-refractivity contribution < 1.29 is 31.7 Å². The first-order valence-corrected chi connectivity index (χ1v) is 8.35. The lowest BCUT2D eigenvalue weighted by Gasteiger charge is -2.24. The second-order valence-electron chi connectivity index (χ2n) is 5.80. The monoisotopic (exact) mass is 336 g/mol. The Morgan fingerprint density at radius 1 is 0.957 bits per heavy atom. The first kappa shape index (κ1) is 20.3. The molecule has 0 aromatic heterocycles. The molecule has 0 fully saturated rings. The lowest BCUT2D eigenvalue weighted by molar-refractivity contribution is -0.148. The van der Waals surface area contributed by atoms with Crippen LogP contribution in [0.25, 0.3) is 0 Å². The summed E-state index contributed by atoms with van der Waals surface area (Å²) in [6.07, 6.45) is 1.11. The predicted octanol–water partition coefficient (Wildman–Crippen LogP) is -0.321. The first-order valence-electron chi connectivity index (χ1n) is 9.06. The largest absolute Gasteiger partial charge is 0.394 e. The van der Waals surface area contributed by atoms with Gasteiger partial charge in [-0.1, -0.05) is 51.8 Å². The summed E-state index contributed by atoms with van der Waals surface area (Å²) in [6.45, 7) is 0.0754. The van der Waals surface area contributed by atoms with Gasteiger partial charge in [0, 0.05) is 7.92 Å². The SMILES string of the molecule is [2H]CCCCCCCCCCNC(=O)[C@H](O)[C@@H](O)[C@H](O)[C@H](O)CO. The molecule has 0 aliphatic rings. The predicted molar refractivity (Wildman–Crippen MR) is 86.7 cm³/mol. The van der Waals surface area contributed by atoms with E-state index in [9.17, 15) is 25.2 Å². The van der Waals surface area contributed by atoms with Crippen molar-refractivity contribution in [3.05, 3.63) is 0 Å². The van der Waals surface area contributed by atoms with Crippen molar-refractivity contribution in [2.75, 3.05) is 13.2 Å². The number of hydrogen-bond acceptors (Lipinski definition) is 6. The number of amides is 1. The van der Waals surface area contributed by atoms with Crippen molar-refractivity contribution in [3.8, 4) is 0 Å². The molecule has 0 aromatic rings. The van der Waals surface area contributed by atoms with Crippen LogP contribution in [0.15, 0.2) is 0 Å². The molecule has 7 nitrogen and oxygen atoms in total. The highest BCUT2D eigenvalue weighted by Crippen LogP contribution is 2.08. The Kier molecular flexibility index (Phi) is 12.1. The summed E-state index contributed by atoms with van der Waals surface area (Å²) in [4.78, 5) is 11.6. The Morgan fingerprint density at radius 2 is 1.52 bits per heavy atom. The molecule has 0 saturated heterocycles. The minimum Gasteiger partial charge on any atom is -0.394 e. The number of rotatable bonds is 14. The molecule has 4 atom stereocenters. The fraction of sp³-hybridized carbons (Fsp3) is 0.938. The molecule has 0 aromatic carbocycles. The quantitative estimate of drug-likeness (QED) is 0.241. The molecule has 0 radical (unpaired) electrons. The van der Waals surface area contributed by atoms with Crippen LogP contribution in [-0.4, -0.2) is 69.0 Å². The van der Waals surface area contributed by atoms with E-state index < -0.39 is 36.9 Å². The molecule has 23 heavy (non-hydrogen) atoms. The number of carbonyl (C=O) groups is 1. The van der Waals surface area contributed by atoms with Crippen LogP contribution in [0, 0.1) is 0 Å². The molecular formula is C16H33NO6. The average Bonchev–Trinajstić information content (AvgIpc) is 2.60. The summed E-state index contributed by atoms with van der Waals surface area (Å²) >= 11 is 0. The van der Waals surface area contributed by atoms with E-state index in [1.807, 2.05) is 0 Å². The van der Waals surface area contributed by atoms with Gasteiger partial charge in [0.1, 0.15) is 18.3 Å². The van der Waals surface area contributed by atoms with Crippen LogP contribution in [0.4, 0.5) is 0 Å². The first-order chi connectivity index (χ1) is 11.5. The van der Waals surface area contributed by atoms with Crippen molar-refractivity contribution in [2.45, 2.75) is 82.7 Å². The van der Waals surface area contributed by atoms with Crippen molar-refractivity contribution in [1.82, 2.24) is 5.32 Å². The maximum absolute atomic E-state index is 11.6. The minimum absolute atomic E-state index is 0.361. The zero-order chi connectivity index (χ0) is 18.4. The van der Waals surface area contributed by atoms with E-state index in [2.05, 4.69) is 5.32 Å². The van der Waals surface area contributed by atoms with Gasteiger partial charge in [-0.05, 0) is 6.42 Å². The fourth-order valence-electron chi connectivity index (χ4n) is 2.18. The molecule has 0 rings (SSSR count). The molecule has 6 N–H and O–H groups in total. The maximum Gasteiger partial charge on any atom is 0.251 e. The number of unbranched alkanes of at least 4 members (excludes halogenated alkanes) is 7. The van der Waals surface area contributed by atoms with Crippen molar-refractivity contribution >= 4 is 5.91 Å². The third-order valence-corrected chi connectivity index (χ3v) is 3.75. The zero-order valence-corrected chi connectivity index (χ0v) is 13.7. The Labute approximate surface area is 139 Å². The second-order valence-corrected chi connectivity index (χ2v) is 5.80. The van der Waals surface area contributed by atoms with Crippen LogP contribution in [0.5, 0.6) is 0 Å². The Balaban J connectivity index is 3.71. The van der Waals surface area contributed by atoms with E-state index in [4.69, 9.17) is 6.48 Å². The van der Waals surface area contributed by atoms with Crippen molar-refractivity contribution in [1.29, 1.82) is 0 Å². The lowest BCUT2D eigenvalue weighted by Crippen LogP contribution is -2.51. The highest BCUT2D eigenvalue weighted by Gasteiger charge is 2.33.